The zero-order chi connectivity index (χ0) is 37.0. The van der Waals surface area contributed by atoms with Gasteiger partial charge in [-0.05, 0) is 87.3 Å². The summed E-state index contributed by atoms with van der Waals surface area (Å²) in [5.41, 5.74) is 10.6. The summed E-state index contributed by atoms with van der Waals surface area (Å²) in [4.78, 5) is 13.0. The third-order valence-corrected chi connectivity index (χ3v) is 10.8. The summed E-state index contributed by atoms with van der Waals surface area (Å²) in [5.74, 6) is 0.649. The summed E-state index contributed by atoms with van der Waals surface area (Å²) in [6, 6.07) is 70.3. The Morgan fingerprint density at radius 3 is 1.88 bits per heavy atom. The Balaban J connectivity index is 1.22. The summed E-state index contributed by atoms with van der Waals surface area (Å²) in [7, 11) is 0. The number of benzene rings is 9. The van der Waals surface area contributed by atoms with Crippen molar-refractivity contribution in [2.45, 2.75) is 0 Å². The average Bonchev–Trinajstić information content (AvgIpc) is 3.63. The van der Waals surface area contributed by atoms with E-state index in [0.29, 0.717) is 5.82 Å². The van der Waals surface area contributed by atoms with E-state index in [9.17, 15) is 0 Å². The van der Waals surface area contributed by atoms with E-state index < -0.39 is 0 Å². The maximum absolute atomic E-state index is 6.95. The van der Waals surface area contributed by atoms with Crippen LogP contribution >= 0.6 is 0 Å². The fraction of sp³-hybridized carbons (Fsp3) is 0. The number of aromatic nitrogens is 2. The molecule has 56 heavy (non-hydrogen) atoms. The molecule has 0 aliphatic rings. The van der Waals surface area contributed by atoms with Gasteiger partial charge in [0, 0.05) is 38.7 Å². The van der Waals surface area contributed by atoms with Crippen LogP contribution in [-0.2, 0) is 0 Å². The van der Waals surface area contributed by atoms with Gasteiger partial charge in [0.2, 0.25) is 0 Å². The zero-order valence-corrected chi connectivity index (χ0v) is 30.3. The molecule has 9 aromatic carbocycles. The molecule has 11 aromatic rings. The van der Waals surface area contributed by atoms with E-state index in [1.54, 1.807) is 0 Å². The number of rotatable bonds is 6. The summed E-state index contributed by atoms with van der Waals surface area (Å²) in [5, 5.41) is 7.68. The number of fused-ring (bicyclic) bond motifs is 6. The molecule has 0 saturated carbocycles. The number of furan rings is 1. The van der Waals surface area contributed by atoms with Crippen LogP contribution in [0.25, 0.3) is 88.2 Å². The molecule has 0 unspecified atom stereocenters. The van der Waals surface area contributed by atoms with Gasteiger partial charge in [-0.25, -0.2) is 9.97 Å². The van der Waals surface area contributed by atoms with Crippen LogP contribution in [0.4, 0.5) is 17.1 Å². The van der Waals surface area contributed by atoms with Gasteiger partial charge >= 0.3 is 0 Å². The predicted octanol–water partition coefficient (Wildman–Crippen LogP) is 14.3. The lowest BCUT2D eigenvalue weighted by Crippen LogP contribution is -2.10. The Bertz CT molecular complexity index is 3260. The normalized spacial score (nSPS) is 11.6. The van der Waals surface area contributed by atoms with E-state index in [-0.39, 0.29) is 0 Å². The second kappa shape index (κ2) is 13.1. The van der Waals surface area contributed by atoms with Crippen molar-refractivity contribution in [2.75, 3.05) is 4.90 Å². The van der Waals surface area contributed by atoms with Crippen molar-refractivity contribution < 1.29 is 4.42 Å². The minimum atomic E-state index is 0.649. The molecule has 0 amide bonds. The molecule has 2 heterocycles. The van der Waals surface area contributed by atoms with Crippen LogP contribution in [0.5, 0.6) is 0 Å². The van der Waals surface area contributed by atoms with Gasteiger partial charge in [-0.1, -0.05) is 146 Å². The molecule has 0 saturated heterocycles. The molecular weight excluding hydrogens is 683 g/mol. The summed E-state index contributed by atoms with van der Waals surface area (Å²) in [6.07, 6.45) is 0. The minimum absolute atomic E-state index is 0.649. The molecule has 0 aliphatic heterocycles. The third-order valence-electron chi connectivity index (χ3n) is 10.8. The Morgan fingerprint density at radius 2 is 1.04 bits per heavy atom. The van der Waals surface area contributed by atoms with Crippen LogP contribution in [0.3, 0.4) is 0 Å². The van der Waals surface area contributed by atoms with Gasteiger partial charge in [-0.3, -0.25) is 0 Å². The predicted molar refractivity (Wildman–Crippen MR) is 233 cm³/mol. The maximum Gasteiger partial charge on any atom is 0.160 e. The van der Waals surface area contributed by atoms with Crippen molar-refractivity contribution in [3.05, 3.63) is 200 Å². The molecule has 0 atom stereocenters. The fourth-order valence-corrected chi connectivity index (χ4v) is 8.14. The van der Waals surface area contributed by atoms with E-state index in [1.807, 2.05) is 6.07 Å². The molecule has 2 aromatic heterocycles. The van der Waals surface area contributed by atoms with E-state index in [1.165, 1.54) is 5.39 Å². The molecule has 0 spiro atoms. The van der Waals surface area contributed by atoms with Crippen LogP contribution in [0.1, 0.15) is 0 Å². The molecule has 0 N–H and O–H groups in total. The van der Waals surface area contributed by atoms with E-state index in [0.717, 1.165) is 94.0 Å². The number of nitrogens with zero attached hydrogens (tertiary/aromatic N) is 3. The lowest BCUT2D eigenvalue weighted by Gasteiger charge is -2.26. The quantitative estimate of drug-likeness (QED) is 0.172. The SMILES string of the molecule is c1ccc(-c2cccc(N(c3ccccc3)c3cc(-c4nc(-c5cccc6ccccc56)c5ccccc5n4)cc4c3oc3cc5ccccc5cc34)c2)cc1. The highest BCUT2D eigenvalue weighted by Gasteiger charge is 2.23. The van der Waals surface area contributed by atoms with Crippen LogP contribution in [0, 0.1) is 0 Å². The van der Waals surface area contributed by atoms with Crippen molar-refractivity contribution in [3.8, 4) is 33.8 Å². The Hall–Kier alpha value is -7.56. The fourth-order valence-electron chi connectivity index (χ4n) is 8.14. The highest BCUT2D eigenvalue weighted by atomic mass is 16.3. The van der Waals surface area contributed by atoms with E-state index >= 15 is 0 Å². The number of hydrogen-bond acceptors (Lipinski definition) is 4. The standard InChI is InChI=1S/C52H33N3O/c1-3-15-34(16-4-1)36-21-13-24-41(29-36)55(40-22-5-2-6-23-40)48-32-39(31-46-45-30-37-18-7-8-19-38(37)33-49(45)56-51(46)48)52-53-47-28-12-11-26-44(47)50(54-52)43-27-14-20-35-17-9-10-25-42(35)43/h1-33H. The van der Waals surface area contributed by atoms with Gasteiger partial charge in [0.05, 0.1) is 16.9 Å². The summed E-state index contributed by atoms with van der Waals surface area (Å²) in [6.45, 7) is 0. The van der Waals surface area contributed by atoms with Crippen LogP contribution in [0.15, 0.2) is 205 Å². The molecule has 4 heteroatoms. The van der Waals surface area contributed by atoms with Crippen LogP contribution in [-0.4, -0.2) is 9.97 Å². The maximum atomic E-state index is 6.95. The van der Waals surface area contributed by atoms with Gasteiger partial charge in [-0.2, -0.15) is 0 Å². The van der Waals surface area contributed by atoms with Gasteiger partial charge in [0.25, 0.3) is 0 Å². The summed E-state index contributed by atoms with van der Waals surface area (Å²) < 4.78 is 6.95. The second-order valence-corrected chi connectivity index (χ2v) is 14.2. The Kier molecular flexibility index (Phi) is 7.46. The topological polar surface area (TPSA) is 42.2 Å². The smallest absolute Gasteiger partial charge is 0.160 e. The molecule has 11 rings (SSSR count). The first-order chi connectivity index (χ1) is 27.7. The van der Waals surface area contributed by atoms with Gasteiger partial charge in [0.1, 0.15) is 5.58 Å². The lowest BCUT2D eigenvalue weighted by molar-refractivity contribution is 0.669. The second-order valence-electron chi connectivity index (χ2n) is 14.2. The number of hydrogen-bond donors (Lipinski definition) is 0. The molecular formula is C52H33N3O. The molecule has 4 nitrogen and oxygen atoms in total. The molecule has 0 radical (unpaired) electrons. The van der Waals surface area contributed by atoms with E-state index in [2.05, 4.69) is 199 Å². The lowest BCUT2D eigenvalue weighted by atomic mass is 9.98. The van der Waals surface area contributed by atoms with Crippen molar-refractivity contribution in [1.29, 1.82) is 0 Å². The first-order valence-electron chi connectivity index (χ1n) is 18.9. The Morgan fingerprint density at radius 1 is 0.393 bits per heavy atom. The molecule has 0 fully saturated rings. The van der Waals surface area contributed by atoms with Gasteiger partial charge in [0.15, 0.2) is 11.4 Å². The molecule has 262 valence electrons. The van der Waals surface area contributed by atoms with Crippen molar-refractivity contribution in [2.24, 2.45) is 0 Å². The monoisotopic (exact) mass is 715 g/mol. The molecule has 0 aliphatic carbocycles. The zero-order valence-electron chi connectivity index (χ0n) is 30.3. The van der Waals surface area contributed by atoms with Crippen LogP contribution < -0.4 is 4.90 Å². The van der Waals surface area contributed by atoms with Gasteiger partial charge < -0.3 is 9.32 Å². The highest BCUT2D eigenvalue weighted by molar-refractivity contribution is 6.15. The van der Waals surface area contributed by atoms with Crippen molar-refractivity contribution in [1.82, 2.24) is 9.97 Å². The van der Waals surface area contributed by atoms with Crippen molar-refractivity contribution >= 4 is 71.4 Å². The third kappa shape index (κ3) is 5.39. The summed E-state index contributed by atoms with van der Waals surface area (Å²) >= 11 is 0. The first-order valence-corrected chi connectivity index (χ1v) is 18.9. The highest BCUT2D eigenvalue weighted by Crippen LogP contribution is 2.46. The van der Waals surface area contributed by atoms with Crippen molar-refractivity contribution in [3.63, 3.8) is 0 Å². The number of anilines is 3. The minimum Gasteiger partial charge on any atom is -0.454 e. The molecule has 0 bridgehead atoms. The first kappa shape index (κ1) is 31.9. The average molecular weight is 716 g/mol. The number of para-hydroxylation sites is 2. The van der Waals surface area contributed by atoms with Gasteiger partial charge in [-0.15, -0.1) is 0 Å². The largest absolute Gasteiger partial charge is 0.454 e. The van der Waals surface area contributed by atoms with E-state index in [4.69, 9.17) is 14.4 Å². The Labute approximate surface area is 323 Å². The van der Waals surface area contributed by atoms with Crippen LogP contribution in [0.2, 0.25) is 0 Å².